The fraction of sp³-hybridized carbons (Fsp3) is 0.208. The number of thiophene rings is 1. The van der Waals surface area contributed by atoms with Crippen LogP contribution in [-0.4, -0.2) is 36.1 Å². The van der Waals surface area contributed by atoms with E-state index < -0.39 is 0 Å². The molecule has 0 spiro atoms. The number of benzene rings is 2. The normalized spacial score (nSPS) is 15.4. The third-order valence-electron chi connectivity index (χ3n) is 4.97. The summed E-state index contributed by atoms with van der Waals surface area (Å²) in [4.78, 5) is 25.1. The number of carbonyl (C=O) groups excluding carboxylic acids is 2. The van der Waals surface area contributed by atoms with E-state index >= 15 is 0 Å². The van der Waals surface area contributed by atoms with Gasteiger partial charge >= 0.3 is 0 Å². The van der Waals surface area contributed by atoms with Gasteiger partial charge in [0.05, 0.1) is 18.4 Å². The van der Waals surface area contributed by atoms with Gasteiger partial charge in [0.1, 0.15) is 12.1 Å². The minimum absolute atomic E-state index is 0.247. The average Bonchev–Trinajstić information content (AvgIpc) is 3.49. The molecule has 0 radical (unpaired) electrons. The molecule has 0 saturated carbocycles. The third kappa shape index (κ3) is 4.70. The summed E-state index contributed by atoms with van der Waals surface area (Å²) in [5.74, 6) is 0.133. The van der Waals surface area contributed by atoms with E-state index in [9.17, 15) is 14.0 Å². The summed E-state index contributed by atoms with van der Waals surface area (Å²) in [5.41, 5.74) is 1.94. The van der Waals surface area contributed by atoms with Crippen LogP contribution in [0.2, 0.25) is 0 Å². The molecule has 1 atom stereocenters. The molecule has 0 saturated heterocycles. The van der Waals surface area contributed by atoms with Crippen LogP contribution in [0.1, 0.15) is 40.2 Å². The van der Waals surface area contributed by atoms with Gasteiger partial charge in [0.15, 0.2) is 18.1 Å². The van der Waals surface area contributed by atoms with Gasteiger partial charge in [-0.25, -0.2) is 9.40 Å². The van der Waals surface area contributed by atoms with Gasteiger partial charge in [0, 0.05) is 16.9 Å². The van der Waals surface area contributed by atoms with Crippen molar-refractivity contribution in [1.82, 2.24) is 5.01 Å². The van der Waals surface area contributed by atoms with Gasteiger partial charge in [0.25, 0.3) is 5.91 Å². The molecule has 6 nitrogen and oxygen atoms in total. The lowest BCUT2D eigenvalue weighted by atomic mass is 10.0. The Balaban J connectivity index is 1.55. The molecule has 1 aromatic heterocycles. The van der Waals surface area contributed by atoms with Gasteiger partial charge in [-0.05, 0) is 54.3 Å². The van der Waals surface area contributed by atoms with Crippen LogP contribution in [0.5, 0.6) is 11.5 Å². The van der Waals surface area contributed by atoms with Gasteiger partial charge in [-0.2, -0.15) is 5.10 Å². The maximum Gasteiger partial charge on any atom is 0.281 e. The number of ether oxygens (including phenoxy) is 2. The lowest BCUT2D eigenvalue weighted by Gasteiger charge is -2.21. The molecule has 0 fully saturated rings. The smallest absolute Gasteiger partial charge is 0.281 e. The molecule has 4 rings (SSSR count). The van der Waals surface area contributed by atoms with E-state index in [-0.39, 0.29) is 24.4 Å². The fourth-order valence-corrected chi connectivity index (χ4v) is 4.26. The largest absolute Gasteiger partial charge is 0.490 e. The number of nitrogens with zero attached hydrogens (tertiary/aromatic N) is 2. The Kier molecular flexibility index (Phi) is 6.61. The fourth-order valence-electron chi connectivity index (χ4n) is 3.45. The molecule has 1 aliphatic heterocycles. The molecule has 32 heavy (non-hydrogen) atoms. The highest BCUT2D eigenvalue weighted by Crippen LogP contribution is 2.35. The topological polar surface area (TPSA) is 68.2 Å². The molecule has 0 N–H and O–H groups in total. The first-order valence-corrected chi connectivity index (χ1v) is 11.0. The highest BCUT2D eigenvalue weighted by Gasteiger charge is 2.34. The minimum atomic E-state index is -0.325. The summed E-state index contributed by atoms with van der Waals surface area (Å²) in [6, 6.07) is 14.5. The van der Waals surface area contributed by atoms with Crippen LogP contribution in [0, 0.1) is 5.82 Å². The molecule has 1 aliphatic rings. The van der Waals surface area contributed by atoms with Gasteiger partial charge in [-0.3, -0.25) is 9.59 Å². The molecule has 2 heterocycles. The number of hydrogen-bond acceptors (Lipinski definition) is 6. The van der Waals surface area contributed by atoms with Crippen molar-refractivity contribution in [3.05, 3.63) is 81.8 Å². The Hall–Kier alpha value is -3.52. The van der Waals surface area contributed by atoms with Crippen molar-refractivity contribution in [2.75, 3.05) is 13.2 Å². The van der Waals surface area contributed by atoms with Crippen LogP contribution in [0.4, 0.5) is 4.39 Å². The van der Waals surface area contributed by atoms with Crippen molar-refractivity contribution in [1.29, 1.82) is 0 Å². The first-order chi connectivity index (χ1) is 15.6. The van der Waals surface area contributed by atoms with Crippen LogP contribution in [0.25, 0.3) is 0 Å². The minimum Gasteiger partial charge on any atom is -0.490 e. The van der Waals surface area contributed by atoms with Gasteiger partial charge < -0.3 is 9.47 Å². The number of amides is 1. The van der Waals surface area contributed by atoms with Crippen molar-refractivity contribution in [2.24, 2.45) is 5.10 Å². The van der Waals surface area contributed by atoms with Crippen molar-refractivity contribution < 1.29 is 23.5 Å². The van der Waals surface area contributed by atoms with E-state index in [0.717, 1.165) is 16.7 Å². The van der Waals surface area contributed by atoms with E-state index in [4.69, 9.17) is 9.47 Å². The molecule has 2 aromatic carbocycles. The summed E-state index contributed by atoms with van der Waals surface area (Å²) >= 11 is 1.55. The van der Waals surface area contributed by atoms with Gasteiger partial charge in [0.2, 0.25) is 0 Å². The second-order valence-corrected chi connectivity index (χ2v) is 8.05. The van der Waals surface area contributed by atoms with Crippen LogP contribution < -0.4 is 9.47 Å². The summed E-state index contributed by atoms with van der Waals surface area (Å²) in [5, 5.41) is 7.94. The summed E-state index contributed by atoms with van der Waals surface area (Å²) < 4.78 is 24.6. The molecule has 1 unspecified atom stereocenters. The maximum atomic E-state index is 13.3. The molecule has 0 bridgehead atoms. The van der Waals surface area contributed by atoms with E-state index in [2.05, 4.69) is 5.10 Å². The predicted octanol–water partition coefficient (Wildman–Crippen LogP) is 4.86. The maximum absolute atomic E-state index is 13.3. The third-order valence-corrected chi connectivity index (χ3v) is 5.94. The molecule has 0 aliphatic carbocycles. The van der Waals surface area contributed by atoms with Crippen LogP contribution in [-0.2, 0) is 4.79 Å². The highest BCUT2D eigenvalue weighted by molar-refractivity contribution is 7.10. The first-order valence-electron chi connectivity index (χ1n) is 10.1. The first kappa shape index (κ1) is 21.7. The van der Waals surface area contributed by atoms with Crippen molar-refractivity contribution in [3.63, 3.8) is 0 Å². The van der Waals surface area contributed by atoms with E-state index in [0.29, 0.717) is 35.8 Å². The second kappa shape index (κ2) is 9.74. The molecule has 8 heteroatoms. The molecule has 1 amide bonds. The van der Waals surface area contributed by atoms with Gasteiger partial charge in [-0.1, -0.05) is 18.2 Å². The van der Waals surface area contributed by atoms with E-state index in [1.807, 2.05) is 24.4 Å². The summed E-state index contributed by atoms with van der Waals surface area (Å²) in [7, 11) is 0. The summed E-state index contributed by atoms with van der Waals surface area (Å²) in [6.45, 7) is 1.97. The van der Waals surface area contributed by atoms with E-state index in [1.54, 1.807) is 41.7 Å². The Labute approximate surface area is 188 Å². The second-order valence-electron chi connectivity index (χ2n) is 7.07. The van der Waals surface area contributed by atoms with Gasteiger partial charge in [-0.15, -0.1) is 11.3 Å². The number of rotatable bonds is 8. The van der Waals surface area contributed by atoms with Crippen molar-refractivity contribution in [3.8, 4) is 11.5 Å². The zero-order valence-electron chi connectivity index (χ0n) is 17.4. The number of carbonyl (C=O) groups is 2. The number of halogens is 1. The van der Waals surface area contributed by atoms with E-state index in [1.165, 1.54) is 17.1 Å². The standard InChI is InChI=1S/C24H21FN2O4S/c1-2-30-22-12-16(14-28)5-10-21(22)31-15-24(29)27-20(23-4-3-11-32-23)13-19(26-27)17-6-8-18(25)9-7-17/h3-12,14,20H,2,13,15H2,1H3. The SMILES string of the molecule is CCOc1cc(C=O)ccc1OCC(=O)N1N=C(c2ccc(F)cc2)CC1c1cccs1. The predicted molar refractivity (Wildman–Crippen MR) is 120 cm³/mol. The highest BCUT2D eigenvalue weighted by atomic mass is 32.1. The Morgan fingerprint density at radius 1 is 1.19 bits per heavy atom. The lowest BCUT2D eigenvalue weighted by molar-refractivity contribution is -0.135. The Bertz CT molecular complexity index is 1130. The zero-order chi connectivity index (χ0) is 22.5. The van der Waals surface area contributed by atoms with Crippen LogP contribution in [0.3, 0.4) is 0 Å². The molecule has 3 aromatic rings. The van der Waals surface area contributed by atoms with Crippen LogP contribution >= 0.6 is 11.3 Å². The Morgan fingerprint density at radius 3 is 2.69 bits per heavy atom. The quantitative estimate of drug-likeness (QED) is 0.458. The molecular formula is C24H21FN2O4S. The van der Waals surface area contributed by atoms with Crippen molar-refractivity contribution >= 4 is 29.2 Å². The zero-order valence-corrected chi connectivity index (χ0v) is 18.2. The average molecular weight is 453 g/mol. The number of aldehydes is 1. The molecular weight excluding hydrogens is 431 g/mol. The van der Waals surface area contributed by atoms with Crippen molar-refractivity contribution in [2.45, 2.75) is 19.4 Å². The lowest BCUT2D eigenvalue weighted by Crippen LogP contribution is -2.31. The Morgan fingerprint density at radius 2 is 2.00 bits per heavy atom. The summed E-state index contributed by atoms with van der Waals surface area (Å²) in [6.07, 6.45) is 1.25. The monoisotopic (exact) mass is 452 g/mol. The van der Waals surface area contributed by atoms with Crippen LogP contribution in [0.15, 0.2) is 65.1 Å². The number of hydrazone groups is 1. The number of hydrogen-bond donors (Lipinski definition) is 0. The molecule has 164 valence electrons.